The van der Waals surface area contributed by atoms with Gasteiger partial charge in [-0.1, -0.05) is 0 Å². The summed E-state index contributed by atoms with van der Waals surface area (Å²) in [6, 6.07) is 1.90. The molecule has 0 bridgehead atoms. The summed E-state index contributed by atoms with van der Waals surface area (Å²) in [6.45, 7) is 0. The van der Waals surface area contributed by atoms with Crippen LogP contribution < -0.4 is 0 Å². The lowest BCUT2D eigenvalue weighted by Gasteiger charge is -2.14. The van der Waals surface area contributed by atoms with E-state index in [-0.39, 0.29) is 11.7 Å². The van der Waals surface area contributed by atoms with Crippen molar-refractivity contribution < 1.29 is 4.79 Å². The van der Waals surface area contributed by atoms with Crippen molar-refractivity contribution in [2.24, 2.45) is 5.92 Å². The molecule has 1 fully saturated rings. The van der Waals surface area contributed by atoms with E-state index in [1.54, 1.807) is 0 Å². The van der Waals surface area contributed by atoms with E-state index in [1.165, 1.54) is 0 Å². The number of carbonyl (C=O) groups excluding carboxylic acids is 1. The van der Waals surface area contributed by atoms with Crippen LogP contribution in [0, 0.1) is 17.2 Å². The van der Waals surface area contributed by atoms with Crippen LogP contribution in [-0.4, -0.2) is 5.78 Å². The van der Waals surface area contributed by atoms with Gasteiger partial charge in [0.2, 0.25) is 0 Å². The Morgan fingerprint density at radius 1 is 1.86 bits per heavy atom. The second-order valence-corrected chi connectivity index (χ2v) is 1.69. The van der Waals surface area contributed by atoms with E-state index in [1.807, 2.05) is 6.07 Å². The van der Waals surface area contributed by atoms with Crippen LogP contribution in [0.3, 0.4) is 0 Å². The van der Waals surface area contributed by atoms with E-state index in [4.69, 9.17) is 5.26 Å². The average Bonchev–Trinajstić information content (AvgIpc) is 1.65. The van der Waals surface area contributed by atoms with Gasteiger partial charge in [-0.25, -0.2) is 0 Å². The highest BCUT2D eigenvalue weighted by molar-refractivity contribution is 5.88. The predicted octanol–water partition coefficient (Wildman–Crippen LogP) is 0.489. The minimum absolute atomic E-state index is 0.113. The van der Waals surface area contributed by atoms with Crippen LogP contribution in [0.15, 0.2) is 0 Å². The smallest absolute Gasteiger partial charge is 0.150 e. The molecule has 0 radical (unpaired) electrons. The maximum absolute atomic E-state index is 10.2. The number of carbonyl (C=O) groups is 1. The molecule has 0 saturated heterocycles. The Balaban J connectivity index is 2.48. The third-order valence-electron chi connectivity index (χ3n) is 1.22. The molecule has 7 heavy (non-hydrogen) atoms. The first-order valence-corrected chi connectivity index (χ1v) is 2.27. The normalized spacial score (nSPS) is 28.4. The summed E-state index contributed by atoms with van der Waals surface area (Å²) in [5.74, 6) is -0.137. The minimum Gasteiger partial charge on any atom is -0.298 e. The summed E-state index contributed by atoms with van der Waals surface area (Å²) >= 11 is 0. The molecule has 1 aliphatic rings. The topological polar surface area (TPSA) is 40.9 Å². The zero-order chi connectivity index (χ0) is 5.28. The molecule has 0 aromatic heterocycles. The lowest BCUT2D eigenvalue weighted by atomic mass is 9.85. The van der Waals surface area contributed by atoms with Crippen molar-refractivity contribution in [1.29, 1.82) is 5.26 Å². The molecule has 1 atom stereocenters. The van der Waals surface area contributed by atoms with E-state index in [0.29, 0.717) is 6.42 Å². The largest absolute Gasteiger partial charge is 0.298 e. The third kappa shape index (κ3) is 0.499. The molecule has 1 rings (SSSR count). The molecule has 2 heteroatoms. The van der Waals surface area contributed by atoms with Gasteiger partial charge in [0.25, 0.3) is 0 Å². The molecule has 0 spiro atoms. The predicted molar refractivity (Wildman–Crippen MR) is 23.3 cm³/mol. The lowest BCUT2D eigenvalue weighted by molar-refractivity contribution is -0.126. The highest BCUT2D eigenvalue weighted by atomic mass is 16.1. The number of ketones is 1. The molecule has 1 saturated carbocycles. The molecule has 0 aliphatic heterocycles. The Morgan fingerprint density at radius 2 is 2.57 bits per heavy atom. The molecule has 0 amide bonds. The summed E-state index contributed by atoms with van der Waals surface area (Å²) in [6.07, 6.45) is 1.41. The van der Waals surface area contributed by atoms with E-state index in [0.717, 1.165) is 6.42 Å². The van der Waals surface area contributed by atoms with Crippen molar-refractivity contribution in [2.75, 3.05) is 0 Å². The SMILES string of the molecule is N#C[C@@H]1CCC1=O. The summed E-state index contributed by atoms with van der Waals surface area (Å²) in [5, 5.41) is 8.09. The highest BCUT2D eigenvalue weighted by Crippen LogP contribution is 2.20. The minimum atomic E-state index is -0.250. The fourth-order valence-corrected chi connectivity index (χ4v) is 0.543. The van der Waals surface area contributed by atoms with Crippen molar-refractivity contribution in [2.45, 2.75) is 12.8 Å². The summed E-state index contributed by atoms with van der Waals surface area (Å²) in [5.41, 5.74) is 0. The van der Waals surface area contributed by atoms with Gasteiger partial charge in [-0.3, -0.25) is 4.79 Å². The Hall–Kier alpha value is -0.840. The van der Waals surface area contributed by atoms with Crippen LogP contribution >= 0.6 is 0 Å². The van der Waals surface area contributed by atoms with E-state index in [2.05, 4.69) is 0 Å². The first-order valence-electron chi connectivity index (χ1n) is 2.27. The number of Topliss-reactive ketones (excluding diaryl/α,β-unsaturated/α-hetero) is 1. The van der Waals surface area contributed by atoms with Gasteiger partial charge in [0, 0.05) is 6.42 Å². The van der Waals surface area contributed by atoms with Crippen LogP contribution in [0.2, 0.25) is 0 Å². The summed E-state index contributed by atoms with van der Waals surface area (Å²) in [4.78, 5) is 10.2. The summed E-state index contributed by atoms with van der Waals surface area (Å²) in [7, 11) is 0. The second-order valence-electron chi connectivity index (χ2n) is 1.69. The van der Waals surface area contributed by atoms with Crippen LogP contribution in [0.25, 0.3) is 0 Å². The van der Waals surface area contributed by atoms with Crippen LogP contribution in [0.4, 0.5) is 0 Å². The fourth-order valence-electron chi connectivity index (χ4n) is 0.543. The van der Waals surface area contributed by atoms with Gasteiger partial charge in [-0.2, -0.15) is 5.26 Å². The quantitative estimate of drug-likeness (QED) is 0.439. The molecule has 0 unspecified atom stereocenters. The van der Waals surface area contributed by atoms with Crippen molar-refractivity contribution in [3.63, 3.8) is 0 Å². The maximum Gasteiger partial charge on any atom is 0.150 e. The molecule has 1 aliphatic carbocycles. The number of nitrogens with zero attached hydrogens (tertiary/aromatic N) is 1. The van der Waals surface area contributed by atoms with Crippen molar-refractivity contribution >= 4 is 5.78 Å². The fraction of sp³-hybridized carbons (Fsp3) is 0.600. The summed E-state index contributed by atoms with van der Waals surface area (Å²) < 4.78 is 0. The zero-order valence-corrected chi connectivity index (χ0v) is 3.85. The van der Waals surface area contributed by atoms with E-state index < -0.39 is 0 Å². The lowest BCUT2D eigenvalue weighted by Crippen LogP contribution is -2.23. The van der Waals surface area contributed by atoms with Crippen LogP contribution in [0.1, 0.15) is 12.8 Å². The molecular formula is C5H5NO. The molecule has 0 aromatic rings. The van der Waals surface area contributed by atoms with Gasteiger partial charge in [-0.05, 0) is 6.42 Å². The first kappa shape index (κ1) is 4.32. The van der Waals surface area contributed by atoms with Gasteiger partial charge in [-0.15, -0.1) is 0 Å². The van der Waals surface area contributed by atoms with Gasteiger partial charge < -0.3 is 0 Å². The van der Waals surface area contributed by atoms with Gasteiger partial charge in [0.05, 0.1) is 6.07 Å². The number of nitriles is 1. The molecular weight excluding hydrogens is 90.1 g/mol. The van der Waals surface area contributed by atoms with Gasteiger partial charge in [0.15, 0.2) is 0 Å². The molecule has 2 nitrogen and oxygen atoms in total. The van der Waals surface area contributed by atoms with E-state index in [9.17, 15) is 4.79 Å². The Labute approximate surface area is 41.7 Å². The van der Waals surface area contributed by atoms with E-state index >= 15 is 0 Å². The maximum atomic E-state index is 10.2. The number of hydrogen-bond donors (Lipinski definition) is 0. The molecule has 0 heterocycles. The molecule has 36 valence electrons. The van der Waals surface area contributed by atoms with Crippen molar-refractivity contribution in [1.82, 2.24) is 0 Å². The molecule has 0 aromatic carbocycles. The number of rotatable bonds is 0. The Kier molecular flexibility index (Phi) is 0.828. The average molecular weight is 95.1 g/mol. The monoisotopic (exact) mass is 95.0 g/mol. The van der Waals surface area contributed by atoms with Gasteiger partial charge in [0.1, 0.15) is 11.7 Å². The standard InChI is InChI=1S/C5H5NO/c6-3-4-1-2-5(4)7/h4H,1-2H2/t4-/m0/s1. The van der Waals surface area contributed by atoms with Crippen molar-refractivity contribution in [3.8, 4) is 6.07 Å². The van der Waals surface area contributed by atoms with Crippen molar-refractivity contribution in [3.05, 3.63) is 0 Å². The first-order chi connectivity index (χ1) is 3.34. The Morgan fingerprint density at radius 3 is 2.57 bits per heavy atom. The number of hydrogen-bond acceptors (Lipinski definition) is 2. The second kappa shape index (κ2) is 1.34. The van der Waals surface area contributed by atoms with Gasteiger partial charge >= 0.3 is 0 Å². The zero-order valence-electron chi connectivity index (χ0n) is 3.85. The van der Waals surface area contributed by atoms with Crippen LogP contribution in [0.5, 0.6) is 0 Å². The third-order valence-corrected chi connectivity index (χ3v) is 1.22. The highest BCUT2D eigenvalue weighted by Gasteiger charge is 2.26. The molecule has 0 N–H and O–H groups in total. The Bertz CT molecular complexity index is 134. The van der Waals surface area contributed by atoms with Crippen LogP contribution in [-0.2, 0) is 4.79 Å².